The Labute approximate surface area is 146 Å². The van der Waals surface area contributed by atoms with Gasteiger partial charge in [0.2, 0.25) is 0 Å². The first-order chi connectivity index (χ1) is 11.0. The summed E-state index contributed by atoms with van der Waals surface area (Å²) in [6, 6.07) is 14.1. The molecule has 0 radical (unpaired) electrons. The van der Waals surface area contributed by atoms with E-state index in [0.29, 0.717) is 11.6 Å². The Bertz CT molecular complexity index is 697. The molecule has 1 unspecified atom stereocenters. The summed E-state index contributed by atoms with van der Waals surface area (Å²) in [6.45, 7) is 4.34. The van der Waals surface area contributed by atoms with Crippen molar-refractivity contribution in [1.29, 1.82) is 0 Å². The van der Waals surface area contributed by atoms with Gasteiger partial charge in [-0.15, -0.1) is 0 Å². The van der Waals surface area contributed by atoms with Crippen LogP contribution in [-0.4, -0.2) is 13.2 Å². The minimum Gasteiger partial charge on any atom is -0.407 e. The van der Waals surface area contributed by atoms with Gasteiger partial charge in [-0.2, -0.15) is 0 Å². The second-order valence-corrected chi connectivity index (χ2v) is 7.31. The second kappa shape index (κ2) is 8.07. The normalized spacial score (nSPS) is 13.4. The molecule has 0 saturated carbocycles. The molecular weight excluding hydrogens is 356 g/mol. The molecule has 124 valence electrons. The maximum Gasteiger partial charge on any atom is 0.489 e. The van der Waals surface area contributed by atoms with Gasteiger partial charge in [0, 0.05) is 17.3 Å². The third-order valence-corrected chi connectivity index (χ3v) is 5.70. The molecule has 0 fully saturated rings. The molecule has 0 aliphatic carbocycles. The number of nitrogens with zero attached hydrogens (tertiary/aromatic N) is 1. The summed E-state index contributed by atoms with van der Waals surface area (Å²) in [5, 5.41) is 0.755. The first-order valence-electron chi connectivity index (χ1n) is 7.22. The molecule has 0 aromatic heterocycles. The zero-order valence-corrected chi connectivity index (χ0v) is 15.3. The molecule has 0 bridgehead atoms. The number of hydrogen-bond acceptors (Lipinski definition) is 3. The zero-order valence-electron chi connectivity index (χ0n) is 12.9. The molecule has 0 aliphatic heterocycles. The zero-order chi connectivity index (χ0) is 16.9. The van der Waals surface area contributed by atoms with Crippen LogP contribution in [0.5, 0.6) is 5.75 Å². The molecule has 0 heterocycles. The first kappa shape index (κ1) is 18.2. The molecule has 0 aliphatic rings. The highest BCUT2D eigenvalue weighted by molar-refractivity contribution is 7.56. The van der Waals surface area contributed by atoms with E-state index in [9.17, 15) is 4.57 Å². The molecular formula is C16H18Cl2NO3P. The monoisotopic (exact) mass is 373 g/mol. The van der Waals surface area contributed by atoms with Gasteiger partial charge in [-0.3, -0.25) is 9.19 Å². The van der Waals surface area contributed by atoms with Crippen molar-refractivity contribution in [1.82, 2.24) is 0 Å². The van der Waals surface area contributed by atoms with Crippen LogP contribution in [0.25, 0.3) is 0 Å². The molecule has 0 N–H and O–H groups in total. The van der Waals surface area contributed by atoms with Crippen molar-refractivity contribution in [2.45, 2.75) is 13.8 Å². The Balaban J connectivity index is 2.39. The van der Waals surface area contributed by atoms with Crippen molar-refractivity contribution in [2.75, 3.05) is 17.8 Å². The lowest BCUT2D eigenvalue weighted by molar-refractivity contribution is 0.276. The van der Waals surface area contributed by atoms with Crippen LogP contribution in [0.4, 0.5) is 5.69 Å². The Morgan fingerprint density at radius 1 is 1.09 bits per heavy atom. The van der Waals surface area contributed by atoms with Crippen molar-refractivity contribution in [3.05, 3.63) is 58.6 Å². The number of hydrogen-bond donors (Lipinski definition) is 0. The summed E-state index contributed by atoms with van der Waals surface area (Å²) >= 11 is 12.0. The van der Waals surface area contributed by atoms with E-state index < -0.39 is 7.75 Å². The van der Waals surface area contributed by atoms with Gasteiger partial charge in [0.1, 0.15) is 5.75 Å². The molecule has 0 saturated heterocycles. The lowest BCUT2D eigenvalue weighted by atomic mass is 10.3. The van der Waals surface area contributed by atoms with Crippen molar-refractivity contribution < 1.29 is 13.6 Å². The molecule has 7 heteroatoms. The van der Waals surface area contributed by atoms with Gasteiger partial charge in [-0.05, 0) is 44.2 Å². The van der Waals surface area contributed by atoms with Crippen molar-refractivity contribution in [3.63, 3.8) is 0 Å². The largest absolute Gasteiger partial charge is 0.489 e. The van der Waals surface area contributed by atoms with E-state index in [2.05, 4.69) is 0 Å². The second-order valence-electron chi connectivity index (χ2n) is 4.60. The number of rotatable bonds is 7. The predicted molar refractivity (Wildman–Crippen MR) is 95.8 cm³/mol. The quantitative estimate of drug-likeness (QED) is 0.554. The minimum atomic E-state index is -3.61. The number of anilines is 1. The third kappa shape index (κ3) is 4.42. The van der Waals surface area contributed by atoms with Crippen molar-refractivity contribution in [3.8, 4) is 5.75 Å². The highest BCUT2D eigenvalue weighted by Gasteiger charge is 2.35. The van der Waals surface area contributed by atoms with Crippen LogP contribution in [0.2, 0.25) is 10.0 Å². The molecule has 1 atom stereocenters. The summed E-state index contributed by atoms with van der Waals surface area (Å²) in [6.07, 6.45) is 0. The first-order valence-corrected chi connectivity index (χ1v) is 9.47. The summed E-state index contributed by atoms with van der Waals surface area (Å²) < 4.78 is 26.1. The van der Waals surface area contributed by atoms with E-state index in [0.717, 1.165) is 5.69 Å². The topological polar surface area (TPSA) is 38.8 Å². The van der Waals surface area contributed by atoms with E-state index in [1.807, 2.05) is 37.3 Å². The average Bonchev–Trinajstić information content (AvgIpc) is 2.52. The van der Waals surface area contributed by atoms with Crippen molar-refractivity contribution in [2.24, 2.45) is 0 Å². The Morgan fingerprint density at radius 3 is 2.35 bits per heavy atom. The molecule has 0 amide bonds. The fourth-order valence-corrected chi connectivity index (χ4v) is 4.37. The fraction of sp³-hybridized carbons (Fsp3) is 0.250. The standard InChI is InChI=1S/C16H18Cl2NO3P/c1-3-19(14-8-6-5-7-9-14)23(20,21-4-2)22-16-11-10-13(17)12-15(16)18/h5-12H,3-4H2,1-2H3. The van der Waals surface area contributed by atoms with Crippen molar-refractivity contribution >= 4 is 36.6 Å². The van der Waals surface area contributed by atoms with Crippen LogP contribution < -0.4 is 9.19 Å². The van der Waals surface area contributed by atoms with Crippen LogP contribution in [0.3, 0.4) is 0 Å². The smallest absolute Gasteiger partial charge is 0.407 e. The van der Waals surface area contributed by atoms with E-state index in [1.165, 1.54) is 6.07 Å². The van der Waals surface area contributed by atoms with Gasteiger partial charge in [-0.1, -0.05) is 41.4 Å². The molecule has 2 rings (SSSR count). The molecule has 2 aromatic carbocycles. The van der Waals surface area contributed by atoms with Gasteiger partial charge in [-0.25, -0.2) is 4.57 Å². The van der Waals surface area contributed by atoms with Crippen LogP contribution in [-0.2, 0) is 9.09 Å². The summed E-state index contributed by atoms with van der Waals surface area (Å²) in [5.41, 5.74) is 0.747. The SMILES string of the molecule is CCOP(=O)(Oc1ccc(Cl)cc1Cl)N(CC)c1ccccc1. The maximum atomic E-state index is 13.3. The number of para-hydroxylation sites is 1. The van der Waals surface area contributed by atoms with Crippen LogP contribution in [0.1, 0.15) is 13.8 Å². The predicted octanol–water partition coefficient (Wildman–Crippen LogP) is 6.04. The van der Waals surface area contributed by atoms with Gasteiger partial charge < -0.3 is 4.52 Å². The third-order valence-electron chi connectivity index (χ3n) is 3.05. The summed E-state index contributed by atoms with van der Waals surface area (Å²) in [4.78, 5) is 0. The van der Waals surface area contributed by atoms with Gasteiger partial charge in [0.15, 0.2) is 0 Å². The van der Waals surface area contributed by atoms with E-state index >= 15 is 0 Å². The van der Waals surface area contributed by atoms with Crippen LogP contribution >= 0.6 is 30.9 Å². The molecule has 0 spiro atoms. The highest BCUT2D eigenvalue weighted by atomic mass is 35.5. The number of halogens is 2. The number of benzene rings is 2. The fourth-order valence-electron chi connectivity index (χ4n) is 2.08. The summed E-state index contributed by atoms with van der Waals surface area (Å²) in [5.74, 6) is 0.266. The Kier molecular flexibility index (Phi) is 6.37. The molecule has 23 heavy (non-hydrogen) atoms. The minimum absolute atomic E-state index is 0.242. The lowest BCUT2D eigenvalue weighted by Gasteiger charge is -2.30. The lowest BCUT2D eigenvalue weighted by Crippen LogP contribution is -2.24. The maximum absolute atomic E-state index is 13.3. The summed E-state index contributed by atoms with van der Waals surface area (Å²) in [7, 11) is -3.61. The Morgan fingerprint density at radius 2 is 1.78 bits per heavy atom. The van der Waals surface area contributed by atoms with Crippen LogP contribution in [0, 0.1) is 0 Å². The van der Waals surface area contributed by atoms with Crippen LogP contribution in [0.15, 0.2) is 48.5 Å². The molecule has 4 nitrogen and oxygen atoms in total. The van der Waals surface area contributed by atoms with E-state index in [1.54, 1.807) is 23.7 Å². The average molecular weight is 374 g/mol. The van der Waals surface area contributed by atoms with Gasteiger partial charge in [0.05, 0.1) is 11.6 Å². The van der Waals surface area contributed by atoms with E-state index in [-0.39, 0.29) is 17.4 Å². The van der Waals surface area contributed by atoms with Gasteiger partial charge in [0.25, 0.3) is 0 Å². The Hall–Kier alpha value is -1.19. The van der Waals surface area contributed by atoms with E-state index in [4.69, 9.17) is 32.2 Å². The van der Waals surface area contributed by atoms with Gasteiger partial charge >= 0.3 is 7.75 Å². The highest BCUT2D eigenvalue weighted by Crippen LogP contribution is 2.54. The molecule has 2 aromatic rings.